The van der Waals surface area contributed by atoms with Gasteiger partial charge < -0.3 is 10.0 Å². The van der Waals surface area contributed by atoms with Gasteiger partial charge in [-0.3, -0.25) is 0 Å². The van der Waals surface area contributed by atoms with Crippen LogP contribution in [0.3, 0.4) is 0 Å². The van der Waals surface area contributed by atoms with Crippen LogP contribution in [0.5, 0.6) is 0 Å². The predicted molar refractivity (Wildman–Crippen MR) is 72.9 cm³/mol. The van der Waals surface area contributed by atoms with E-state index >= 15 is 0 Å². The lowest BCUT2D eigenvalue weighted by Crippen LogP contribution is -2.42. The molecule has 0 bridgehead atoms. The lowest BCUT2D eigenvalue weighted by molar-refractivity contribution is 0.0350. The van der Waals surface area contributed by atoms with E-state index in [-0.39, 0.29) is 0 Å². The average Bonchev–Trinajstić information content (AvgIpc) is 2.28. The van der Waals surface area contributed by atoms with E-state index in [2.05, 4.69) is 28.7 Å². The Hall–Kier alpha value is -1.16. The summed E-state index contributed by atoms with van der Waals surface area (Å²) in [4.78, 5) is 11.4. The van der Waals surface area contributed by atoms with E-state index in [1.54, 1.807) is 0 Å². The number of aryl methyl sites for hydroxylation is 1. The van der Waals surface area contributed by atoms with Crippen LogP contribution in [-0.2, 0) is 0 Å². The fourth-order valence-corrected chi connectivity index (χ4v) is 2.21. The molecule has 0 radical (unpaired) electrons. The molecule has 4 heteroatoms. The quantitative estimate of drug-likeness (QED) is 0.873. The van der Waals surface area contributed by atoms with Gasteiger partial charge in [0.2, 0.25) is 0 Å². The lowest BCUT2D eigenvalue weighted by Gasteiger charge is -2.36. The van der Waals surface area contributed by atoms with E-state index in [4.69, 9.17) is 0 Å². The molecule has 0 saturated carbocycles. The standard InChI is InChI=1S/C14H23N3O/c1-10(2)13-15-11(3)9-12(16-13)17-7-5-14(4,18)6-8-17/h9-10,18H,5-8H2,1-4H3. The van der Waals surface area contributed by atoms with Crippen molar-refractivity contribution in [2.75, 3.05) is 18.0 Å². The summed E-state index contributed by atoms with van der Waals surface area (Å²) in [5.74, 6) is 2.25. The lowest BCUT2D eigenvalue weighted by atomic mass is 9.94. The maximum absolute atomic E-state index is 9.98. The molecule has 0 unspecified atom stereocenters. The van der Waals surface area contributed by atoms with Crippen molar-refractivity contribution in [2.45, 2.75) is 52.1 Å². The molecule has 18 heavy (non-hydrogen) atoms. The fourth-order valence-electron chi connectivity index (χ4n) is 2.21. The van der Waals surface area contributed by atoms with Gasteiger partial charge in [-0.2, -0.15) is 0 Å². The van der Waals surface area contributed by atoms with Gasteiger partial charge in [-0.25, -0.2) is 9.97 Å². The zero-order valence-corrected chi connectivity index (χ0v) is 11.8. The van der Waals surface area contributed by atoms with E-state index in [9.17, 15) is 5.11 Å². The van der Waals surface area contributed by atoms with Gasteiger partial charge in [0, 0.05) is 30.8 Å². The Morgan fingerprint density at radius 2 is 1.89 bits per heavy atom. The van der Waals surface area contributed by atoms with Gasteiger partial charge in [-0.1, -0.05) is 13.8 Å². The van der Waals surface area contributed by atoms with Gasteiger partial charge in [0.15, 0.2) is 0 Å². The fraction of sp³-hybridized carbons (Fsp3) is 0.714. The van der Waals surface area contributed by atoms with Crippen LogP contribution in [-0.4, -0.2) is 33.8 Å². The first-order chi connectivity index (χ1) is 8.37. The number of nitrogens with zero attached hydrogens (tertiary/aromatic N) is 3. The average molecular weight is 249 g/mol. The minimum atomic E-state index is -0.514. The van der Waals surface area contributed by atoms with Gasteiger partial charge in [0.25, 0.3) is 0 Å². The highest BCUT2D eigenvalue weighted by Gasteiger charge is 2.28. The third-order valence-electron chi connectivity index (χ3n) is 3.54. The number of hydrogen-bond donors (Lipinski definition) is 1. The molecule has 1 N–H and O–H groups in total. The molecule has 0 aromatic carbocycles. The molecular formula is C14H23N3O. The maximum atomic E-state index is 9.98. The number of aromatic nitrogens is 2. The number of aliphatic hydroxyl groups is 1. The van der Waals surface area contributed by atoms with Crippen LogP contribution in [0.1, 0.15) is 51.0 Å². The molecule has 0 aliphatic carbocycles. The molecular weight excluding hydrogens is 226 g/mol. The molecule has 1 aromatic rings. The van der Waals surface area contributed by atoms with Crippen molar-refractivity contribution in [1.82, 2.24) is 9.97 Å². The second kappa shape index (κ2) is 4.84. The van der Waals surface area contributed by atoms with Gasteiger partial charge in [0.1, 0.15) is 11.6 Å². The van der Waals surface area contributed by atoms with Crippen LogP contribution in [0.25, 0.3) is 0 Å². The summed E-state index contributed by atoms with van der Waals surface area (Å²) < 4.78 is 0. The molecule has 0 atom stereocenters. The summed E-state index contributed by atoms with van der Waals surface area (Å²) in [6.07, 6.45) is 1.60. The Bertz CT molecular complexity index is 419. The highest BCUT2D eigenvalue weighted by atomic mass is 16.3. The second-order valence-corrected chi connectivity index (χ2v) is 5.86. The Morgan fingerprint density at radius 1 is 1.28 bits per heavy atom. The van der Waals surface area contributed by atoms with E-state index in [0.29, 0.717) is 5.92 Å². The summed E-state index contributed by atoms with van der Waals surface area (Å²) in [5, 5.41) is 9.98. The molecule has 4 nitrogen and oxygen atoms in total. The van der Waals surface area contributed by atoms with E-state index in [1.165, 1.54) is 0 Å². The zero-order valence-electron chi connectivity index (χ0n) is 11.8. The summed E-state index contributed by atoms with van der Waals surface area (Å²) in [6.45, 7) is 9.87. The molecule has 0 amide bonds. The smallest absolute Gasteiger partial charge is 0.133 e. The van der Waals surface area contributed by atoms with Crippen molar-refractivity contribution >= 4 is 5.82 Å². The number of piperidine rings is 1. The van der Waals surface area contributed by atoms with Gasteiger partial charge in [0.05, 0.1) is 5.60 Å². The number of hydrogen-bond acceptors (Lipinski definition) is 4. The molecule has 1 aromatic heterocycles. The molecule has 1 aliphatic heterocycles. The van der Waals surface area contributed by atoms with Crippen molar-refractivity contribution in [3.05, 3.63) is 17.6 Å². The highest BCUT2D eigenvalue weighted by Crippen LogP contribution is 2.25. The largest absolute Gasteiger partial charge is 0.390 e. The van der Waals surface area contributed by atoms with Crippen LogP contribution in [0.15, 0.2) is 6.07 Å². The summed E-state index contributed by atoms with van der Waals surface area (Å²) in [5.41, 5.74) is 0.500. The summed E-state index contributed by atoms with van der Waals surface area (Å²) in [6, 6.07) is 2.03. The molecule has 0 spiro atoms. The first-order valence-electron chi connectivity index (χ1n) is 6.70. The van der Waals surface area contributed by atoms with Crippen molar-refractivity contribution in [1.29, 1.82) is 0 Å². The first kappa shape index (κ1) is 13.3. The molecule has 1 aliphatic rings. The highest BCUT2D eigenvalue weighted by molar-refractivity contribution is 5.40. The summed E-state index contributed by atoms with van der Waals surface area (Å²) >= 11 is 0. The van der Waals surface area contributed by atoms with Crippen molar-refractivity contribution in [2.24, 2.45) is 0 Å². The Balaban J connectivity index is 2.19. The van der Waals surface area contributed by atoms with Crippen LogP contribution in [0.4, 0.5) is 5.82 Å². The van der Waals surface area contributed by atoms with Crippen LogP contribution < -0.4 is 4.90 Å². The topological polar surface area (TPSA) is 49.2 Å². The van der Waals surface area contributed by atoms with Gasteiger partial charge in [-0.15, -0.1) is 0 Å². The van der Waals surface area contributed by atoms with Crippen LogP contribution >= 0.6 is 0 Å². The number of anilines is 1. The molecule has 1 fully saturated rings. The first-order valence-corrected chi connectivity index (χ1v) is 6.70. The van der Waals surface area contributed by atoms with Crippen LogP contribution in [0.2, 0.25) is 0 Å². The van der Waals surface area contributed by atoms with E-state index in [0.717, 1.165) is 43.3 Å². The van der Waals surface area contributed by atoms with Gasteiger partial charge >= 0.3 is 0 Å². The molecule has 2 rings (SSSR count). The Morgan fingerprint density at radius 3 is 2.44 bits per heavy atom. The SMILES string of the molecule is Cc1cc(N2CCC(C)(O)CC2)nc(C(C)C)n1. The Kier molecular flexibility index (Phi) is 3.57. The maximum Gasteiger partial charge on any atom is 0.133 e. The molecule has 1 saturated heterocycles. The molecule has 100 valence electrons. The predicted octanol–water partition coefficient (Wildman–Crippen LogP) is 2.26. The number of rotatable bonds is 2. The third kappa shape index (κ3) is 2.99. The normalized spacial score (nSPS) is 19.3. The van der Waals surface area contributed by atoms with Crippen molar-refractivity contribution < 1.29 is 5.11 Å². The molecule has 2 heterocycles. The monoisotopic (exact) mass is 249 g/mol. The minimum absolute atomic E-state index is 0.344. The minimum Gasteiger partial charge on any atom is -0.390 e. The van der Waals surface area contributed by atoms with Crippen molar-refractivity contribution in [3.63, 3.8) is 0 Å². The van der Waals surface area contributed by atoms with E-state index < -0.39 is 5.60 Å². The third-order valence-corrected chi connectivity index (χ3v) is 3.54. The van der Waals surface area contributed by atoms with Gasteiger partial charge in [-0.05, 0) is 26.7 Å². The van der Waals surface area contributed by atoms with Crippen LogP contribution in [0, 0.1) is 6.92 Å². The van der Waals surface area contributed by atoms with E-state index in [1.807, 2.05) is 19.9 Å². The second-order valence-electron chi connectivity index (χ2n) is 5.86. The summed E-state index contributed by atoms with van der Waals surface area (Å²) in [7, 11) is 0. The van der Waals surface area contributed by atoms with Crippen molar-refractivity contribution in [3.8, 4) is 0 Å². The zero-order chi connectivity index (χ0) is 13.3. The Labute approximate surface area is 109 Å².